The average Bonchev–Trinajstić information content (AvgIpc) is 4.06. The number of cyclic esters (lactones) is 4. The van der Waals surface area contributed by atoms with Crippen molar-refractivity contribution >= 4 is 47.8 Å². The van der Waals surface area contributed by atoms with Gasteiger partial charge < -0.3 is 39.4 Å². The second-order valence-electron chi connectivity index (χ2n) is 17.3. The molecule has 8 aliphatic rings. The van der Waals surface area contributed by atoms with E-state index in [0.29, 0.717) is 44.0 Å². The summed E-state index contributed by atoms with van der Waals surface area (Å²) >= 11 is 0. The van der Waals surface area contributed by atoms with Crippen LogP contribution in [-0.2, 0) is 57.3 Å². The number of aliphatic hydroxyl groups is 2. The van der Waals surface area contributed by atoms with Crippen molar-refractivity contribution in [1.82, 2.24) is 0 Å². The van der Waals surface area contributed by atoms with Gasteiger partial charge in [-0.3, -0.25) is 38.4 Å². The molecule has 0 amide bonds. The normalized spacial score (nSPS) is 35.2. The predicted molar refractivity (Wildman–Crippen MR) is 221 cm³/mol. The quantitative estimate of drug-likeness (QED) is 0.136. The van der Waals surface area contributed by atoms with Gasteiger partial charge in [-0.25, -0.2) is 0 Å². The minimum absolute atomic E-state index is 0. The van der Waals surface area contributed by atoms with Gasteiger partial charge in [-0.05, 0) is 112 Å². The van der Waals surface area contributed by atoms with Gasteiger partial charge >= 0.3 is 41.8 Å². The van der Waals surface area contributed by atoms with Crippen molar-refractivity contribution in [2.45, 2.75) is 127 Å². The SMILES string of the molecule is C.C.C.CC(=O)O.CCC1CCC(COC(=O)C2C3CCC(C3)C2C(=O)O)CC1.COC(C)=O.O=C1OC(=O)C2C3CC(C12)C1C(=O)OC(=O)C31.OCC1CCC(CO)CC1. The van der Waals surface area contributed by atoms with Crippen molar-refractivity contribution in [3.63, 3.8) is 0 Å². The Hall–Kier alpha value is -3.92. The molecule has 8 fully saturated rings. The number of carboxylic acid groups (broad SMARTS) is 2. The molecule has 2 aliphatic heterocycles. The summed E-state index contributed by atoms with van der Waals surface area (Å²) in [6, 6.07) is 0. The molecule has 8 rings (SSSR count). The van der Waals surface area contributed by atoms with Crippen molar-refractivity contribution in [3.8, 4) is 0 Å². The highest BCUT2D eigenvalue weighted by Gasteiger charge is 2.72. The Morgan fingerprint density at radius 2 is 0.934 bits per heavy atom. The number of ether oxygens (including phenoxy) is 4. The lowest BCUT2D eigenvalue weighted by Gasteiger charge is -2.29. The number of hydrogen-bond acceptors (Lipinski definition) is 14. The summed E-state index contributed by atoms with van der Waals surface area (Å²) in [5, 5.41) is 34.4. The average molecular weight is 871 g/mol. The summed E-state index contributed by atoms with van der Waals surface area (Å²) < 4.78 is 18.9. The number of carbonyl (C=O) groups excluding carboxylic acids is 6. The van der Waals surface area contributed by atoms with Gasteiger partial charge in [0.1, 0.15) is 0 Å². The van der Waals surface area contributed by atoms with E-state index in [1.54, 1.807) is 0 Å². The maximum Gasteiger partial charge on any atom is 0.317 e. The fourth-order valence-electron chi connectivity index (χ4n) is 10.9. The van der Waals surface area contributed by atoms with E-state index in [-0.39, 0.29) is 63.8 Å². The maximum absolute atomic E-state index is 12.4. The molecule has 6 saturated carbocycles. The van der Waals surface area contributed by atoms with Gasteiger partial charge in [0.2, 0.25) is 0 Å². The zero-order valence-corrected chi connectivity index (χ0v) is 34.1. The van der Waals surface area contributed by atoms with Crippen LogP contribution in [0.25, 0.3) is 0 Å². The summed E-state index contributed by atoms with van der Waals surface area (Å²) in [6.45, 7) is 5.85. The van der Waals surface area contributed by atoms with Crippen LogP contribution in [0, 0.1) is 82.9 Å². The van der Waals surface area contributed by atoms with Gasteiger partial charge in [0, 0.05) is 27.1 Å². The van der Waals surface area contributed by atoms with Crippen LogP contribution < -0.4 is 0 Å². The van der Waals surface area contributed by atoms with Gasteiger partial charge in [-0.1, -0.05) is 48.5 Å². The van der Waals surface area contributed by atoms with E-state index in [9.17, 15) is 38.7 Å². The summed E-state index contributed by atoms with van der Waals surface area (Å²) in [6.07, 6.45) is 13.8. The first kappa shape index (κ1) is 55.1. The summed E-state index contributed by atoms with van der Waals surface area (Å²) in [4.78, 5) is 88.7. The number of fused-ring (bicyclic) bond motifs is 10. The lowest BCUT2D eigenvalue weighted by atomic mass is 9.70. The number of rotatable bonds is 7. The van der Waals surface area contributed by atoms with Crippen LogP contribution in [0.5, 0.6) is 0 Å². The molecule has 61 heavy (non-hydrogen) atoms. The van der Waals surface area contributed by atoms with Gasteiger partial charge in [-0.15, -0.1) is 0 Å². The topological polar surface area (TPSA) is 254 Å². The fraction of sp³-hybridized carbons (Fsp3) is 0.822. The third-order valence-electron chi connectivity index (χ3n) is 13.9. The Labute approximate surface area is 361 Å². The first-order valence-electron chi connectivity index (χ1n) is 20.9. The minimum atomic E-state index is -0.833. The van der Waals surface area contributed by atoms with E-state index < -0.39 is 65.4 Å². The number of aliphatic hydroxyl groups excluding tert-OH is 2. The minimum Gasteiger partial charge on any atom is -0.481 e. The molecule has 2 saturated heterocycles. The third kappa shape index (κ3) is 13.5. The first-order valence-corrected chi connectivity index (χ1v) is 20.9. The highest BCUT2D eigenvalue weighted by atomic mass is 16.6. The van der Waals surface area contributed by atoms with Crippen LogP contribution in [0.15, 0.2) is 0 Å². The lowest BCUT2D eigenvalue weighted by molar-refractivity contribution is -0.161. The second-order valence-corrected chi connectivity index (χ2v) is 17.3. The van der Waals surface area contributed by atoms with Crippen LogP contribution in [0.2, 0.25) is 0 Å². The smallest absolute Gasteiger partial charge is 0.317 e. The number of carboxylic acids is 2. The molecule has 16 nitrogen and oxygen atoms in total. The molecule has 0 spiro atoms. The molecule has 8 unspecified atom stereocenters. The highest BCUT2D eigenvalue weighted by Crippen LogP contribution is 2.63. The van der Waals surface area contributed by atoms with Crippen LogP contribution in [0.4, 0.5) is 0 Å². The Bertz CT molecular complexity index is 1390. The molecule has 350 valence electrons. The first-order chi connectivity index (χ1) is 27.6. The number of esters is 6. The predicted octanol–water partition coefficient (Wildman–Crippen LogP) is 5.72. The molecule has 0 aromatic carbocycles. The van der Waals surface area contributed by atoms with Crippen molar-refractivity contribution in [2.75, 3.05) is 26.9 Å². The molecule has 8 atom stereocenters. The van der Waals surface area contributed by atoms with Gasteiger partial charge in [-0.2, -0.15) is 0 Å². The van der Waals surface area contributed by atoms with E-state index in [1.165, 1.54) is 33.3 Å². The van der Waals surface area contributed by atoms with Crippen LogP contribution >= 0.6 is 0 Å². The van der Waals surface area contributed by atoms with Crippen molar-refractivity contribution in [1.29, 1.82) is 0 Å². The van der Waals surface area contributed by atoms with Gasteiger partial charge in [0.15, 0.2) is 0 Å². The van der Waals surface area contributed by atoms with E-state index in [4.69, 9.17) is 24.9 Å². The van der Waals surface area contributed by atoms with Gasteiger partial charge in [0.25, 0.3) is 5.97 Å². The van der Waals surface area contributed by atoms with Crippen molar-refractivity contribution in [2.24, 2.45) is 82.9 Å². The Morgan fingerprint density at radius 3 is 1.26 bits per heavy atom. The fourth-order valence-corrected chi connectivity index (χ4v) is 10.9. The van der Waals surface area contributed by atoms with E-state index in [1.807, 2.05) is 0 Å². The second kappa shape index (κ2) is 25.3. The summed E-state index contributed by atoms with van der Waals surface area (Å²) in [5.74, 6) is -5.04. The Morgan fingerprint density at radius 1 is 0.590 bits per heavy atom. The third-order valence-corrected chi connectivity index (χ3v) is 13.9. The molecule has 6 aliphatic carbocycles. The van der Waals surface area contributed by atoms with Crippen molar-refractivity contribution in [3.05, 3.63) is 0 Å². The lowest BCUT2D eigenvalue weighted by Crippen LogP contribution is -2.37. The van der Waals surface area contributed by atoms with E-state index >= 15 is 0 Å². The van der Waals surface area contributed by atoms with E-state index in [0.717, 1.165) is 70.6 Å². The number of aliphatic carboxylic acids is 2. The molecule has 16 heteroatoms. The van der Waals surface area contributed by atoms with Gasteiger partial charge in [0.05, 0.1) is 49.2 Å². The highest BCUT2D eigenvalue weighted by molar-refractivity contribution is 6.03. The van der Waals surface area contributed by atoms with Crippen LogP contribution in [0.1, 0.15) is 127 Å². The Balaban J connectivity index is 0.000000424. The number of carbonyl (C=O) groups is 8. The molecular weight excluding hydrogens is 796 g/mol. The summed E-state index contributed by atoms with van der Waals surface area (Å²) in [7, 11) is 1.35. The van der Waals surface area contributed by atoms with Crippen LogP contribution in [-0.4, -0.2) is 95.1 Å². The van der Waals surface area contributed by atoms with E-state index in [2.05, 4.69) is 21.1 Å². The zero-order valence-electron chi connectivity index (χ0n) is 34.1. The molecule has 4 bridgehead atoms. The number of methoxy groups -OCH3 is 1. The molecule has 4 N–H and O–H groups in total. The largest absolute Gasteiger partial charge is 0.481 e. The molecular formula is C45H74O16. The van der Waals surface area contributed by atoms with Crippen LogP contribution in [0.3, 0.4) is 0 Å². The maximum atomic E-state index is 12.4. The molecule has 0 aromatic rings. The Kier molecular flexibility index (Phi) is 22.8. The molecule has 2 heterocycles. The van der Waals surface area contributed by atoms with Crippen molar-refractivity contribution < 1.29 is 77.7 Å². The standard InChI is InChI=1S/C18H28O4.C11H8O6.C8H16O2.C3H6O2.C2H4O2.3CH4/c1-2-11-3-5-12(6-4-11)10-22-18(21)16-14-8-7-13(9-14)15(16)17(19)20;12-8-4-2-1-3(6(4)10(14)16-8)7-5(2)9(13)17-11(7)15;9-5-7-1-2-8(6-10)4-3-7;1-3(4)5-2;1-2(3)4;;;/h11-16H,2-10H2,1H3,(H,19,20);2-7H,1H2;7-10H,1-6H2;1-2H3;1H3,(H,3,4);3*1H4. The molecule has 0 radical (unpaired) electrons. The zero-order chi connectivity index (χ0) is 42.8. The molecule has 0 aromatic heterocycles. The summed E-state index contributed by atoms with van der Waals surface area (Å²) in [5.41, 5.74) is 0. The number of hydrogen-bond donors (Lipinski definition) is 4. The monoisotopic (exact) mass is 870 g/mol.